The summed E-state index contributed by atoms with van der Waals surface area (Å²) in [7, 11) is 0. The highest BCUT2D eigenvalue weighted by Crippen LogP contribution is 2.35. The summed E-state index contributed by atoms with van der Waals surface area (Å²) >= 11 is 1.84. The molecule has 1 rings (SSSR count). The van der Waals surface area contributed by atoms with Gasteiger partial charge in [-0.2, -0.15) is 20.3 Å². The quantitative estimate of drug-likeness (QED) is 0.628. The van der Waals surface area contributed by atoms with Crippen LogP contribution in [0.2, 0.25) is 0 Å². The molecule has 1 aliphatic rings. The van der Waals surface area contributed by atoms with Gasteiger partial charge in [0.1, 0.15) is 6.29 Å². The standard InChI is InChI=1S/C9H17O3.Al.HI.H/c1-5-6(2)8(4-10)12-9(11)7(5)3;;;/h5-10H,4H2,1-3H3;;1H;/q-1;+2;;/p-1/t5-,6+,7?,8?,9-;;;/m0.../s1. The maximum absolute atomic E-state index is 9.18. The van der Waals surface area contributed by atoms with E-state index in [9.17, 15) is 5.11 Å². The number of aliphatic hydroxyl groups is 1. The maximum Gasteiger partial charge on any atom is 0.527 e. The summed E-state index contributed by atoms with van der Waals surface area (Å²) in [6.45, 7) is 6.62. The molecule has 1 heterocycles. The van der Waals surface area contributed by atoms with E-state index in [0.29, 0.717) is 17.8 Å². The number of ether oxygens (including phenoxy) is 1. The first-order valence-electron chi connectivity index (χ1n) is 5.05. The van der Waals surface area contributed by atoms with Gasteiger partial charge in [0.25, 0.3) is 0 Å². The van der Waals surface area contributed by atoms with Crippen molar-refractivity contribution in [2.45, 2.75) is 33.2 Å². The molecule has 0 radical (unpaired) electrons. The Morgan fingerprint density at radius 3 is 2.43 bits per heavy atom. The molecule has 3 nitrogen and oxygen atoms in total. The molecule has 2 unspecified atom stereocenters. The third-order valence-corrected chi connectivity index (χ3v) is 4.92. The Kier molecular flexibility index (Phi) is 5.68. The maximum atomic E-state index is 9.18. The molecule has 0 spiro atoms. The monoisotopic (exact) mass is 328 g/mol. The van der Waals surface area contributed by atoms with Gasteiger partial charge in [-0.1, -0.05) is 20.8 Å². The van der Waals surface area contributed by atoms with Gasteiger partial charge in [-0.05, 0) is 11.8 Å². The van der Waals surface area contributed by atoms with Gasteiger partial charge in [0.2, 0.25) is 0 Å². The highest BCUT2D eigenvalue weighted by molar-refractivity contribution is 14.1. The van der Waals surface area contributed by atoms with Gasteiger partial charge >= 0.3 is 12.3 Å². The van der Waals surface area contributed by atoms with Crippen molar-refractivity contribution in [3.05, 3.63) is 0 Å². The lowest BCUT2D eigenvalue weighted by molar-refractivity contribution is -0.219. The molecule has 0 bridgehead atoms. The smallest absolute Gasteiger partial charge is 0.472 e. The molecule has 82 valence electrons. The molecule has 14 heavy (non-hydrogen) atoms. The van der Waals surface area contributed by atoms with Gasteiger partial charge in [-0.3, -0.25) is 0 Å². The minimum absolute atomic E-state index is 0.0526. The predicted molar refractivity (Wildman–Crippen MR) is 65.5 cm³/mol. The van der Waals surface area contributed by atoms with Crippen molar-refractivity contribution in [2.75, 3.05) is 6.61 Å². The van der Waals surface area contributed by atoms with E-state index < -0.39 is 12.3 Å². The molecule has 0 aromatic carbocycles. The molecular weight excluding hydrogens is 310 g/mol. The van der Waals surface area contributed by atoms with Crippen molar-refractivity contribution in [1.82, 2.24) is 0 Å². The third kappa shape index (κ3) is 2.84. The molecule has 5 atom stereocenters. The van der Waals surface area contributed by atoms with E-state index in [2.05, 4.69) is 41.0 Å². The normalized spacial score (nSPS) is 43.6. The number of aliphatic hydroxyl groups excluding tert-OH is 1. The summed E-state index contributed by atoms with van der Waals surface area (Å²) in [5.74, 6) is 1.38. The zero-order valence-corrected chi connectivity index (χ0v) is 12.5. The average molecular weight is 328 g/mol. The van der Waals surface area contributed by atoms with E-state index >= 15 is 0 Å². The molecule has 5 heteroatoms. The first-order chi connectivity index (χ1) is 6.61. The third-order valence-electron chi connectivity index (χ3n) is 3.39. The van der Waals surface area contributed by atoms with Crippen molar-refractivity contribution in [1.29, 1.82) is 0 Å². The highest BCUT2D eigenvalue weighted by atomic mass is 127. The number of hydrogen-bond donors (Lipinski definition) is 1. The van der Waals surface area contributed by atoms with E-state index in [-0.39, 0.29) is 19.0 Å². The summed E-state index contributed by atoms with van der Waals surface area (Å²) in [5.41, 5.74) is 0. The fraction of sp³-hybridized carbons (Fsp3) is 1.00. The minimum atomic E-state index is -0.469. The second-order valence-corrected chi connectivity index (χ2v) is 6.50. The molecule has 1 N–H and O–H groups in total. The first-order valence-corrected chi connectivity index (χ1v) is 10.7. The molecule has 0 aromatic rings. The fourth-order valence-corrected chi connectivity index (χ4v) is 3.52. The van der Waals surface area contributed by atoms with Crippen LogP contribution < -0.4 is 0 Å². The summed E-state index contributed by atoms with van der Waals surface area (Å²) < 4.78 is 11.4. The molecule has 1 fully saturated rings. The Morgan fingerprint density at radius 2 is 1.93 bits per heavy atom. The van der Waals surface area contributed by atoms with Crippen molar-refractivity contribution in [3.8, 4) is 0 Å². The summed E-state index contributed by atoms with van der Waals surface area (Å²) in [6.07, 6.45) is -0.148. The van der Waals surface area contributed by atoms with Gasteiger partial charge in [0.15, 0.2) is 0 Å². The van der Waals surface area contributed by atoms with Gasteiger partial charge in [-0.15, -0.1) is 0 Å². The molecule has 1 saturated heterocycles. The van der Waals surface area contributed by atoms with Crippen LogP contribution in [0.5, 0.6) is 0 Å². The van der Waals surface area contributed by atoms with Gasteiger partial charge < -0.3 is 13.6 Å². The average Bonchev–Trinajstić information content (AvgIpc) is 2.19. The summed E-state index contributed by atoms with van der Waals surface area (Å²) in [4.78, 5) is 0. The van der Waals surface area contributed by atoms with Crippen LogP contribution in [-0.4, -0.2) is 36.4 Å². The summed E-state index contributed by atoms with van der Waals surface area (Å²) in [6, 6.07) is 0. The van der Waals surface area contributed by atoms with E-state index in [1.54, 1.807) is 0 Å². The van der Waals surface area contributed by atoms with Crippen LogP contribution in [0.4, 0.5) is 0 Å². The Balaban J connectivity index is 2.63. The summed E-state index contributed by atoms with van der Waals surface area (Å²) in [5, 5.41) is 9.18. The lowest BCUT2D eigenvalue weighted by Crippen LogP contribution is -2.47. The van der Waals surface area contributed by atoms with Crippen molar-refractivity contribution in [2.24, 2.45) is 17.8 Å². The number of halogens is 1. The largest absolute Gasteiger partial charge is 0.527 e. The van der Waals surface area contributed by atoms with E-state index in [0.717, 1.165) is 0 Å². The Morgan fingerprint density at radius 1 is 1.29 bits per heavy atom. The van der Waals surface area contributed by atoms with Crippen molar-refractivity contribution >= 4 is 32.5 Å². The Labute approximate surface area is 103 Å². The second-order valence-electron chi connectivity index (χ2n) is 4.08. The molecule has 0 saturated carbocycles. The second kappa shape index (κ2) is 6.02. The van der Waals surface area contributed by atoms with Crippen LogP contribution in [0.15, 0.2) is 0 Å². The molecule has 1 aliphatic heterocycles. The zero-order valence-electron chi connectivity index (χ0n) is 8.94. The predicted octanol–water partition coefficient (Wildman–Crippen LogP) is 1.33. The van der Waals surface area contributed by atoms with E-state index in [1.807, 2.05) is 0 Å². The zero-order chi connectivity index (χ0) is 10.7. The fourth-order valence-electron chi connectivity index (χ4n) is 1.95. The lowest BCUT2D eigenvalue weighted by atomic mass is 9.79. The lowest BCUT2D eigenvalue weighted by Gasteiger charge is -2.43. The Bertz CT molecular complexity index is 177. The van der Waals surface area contributed by atoms with Gasteiger partial charge in [-0.25, -0.2) is 0 Å². The molecule has 0 aliphatic carbocycles. The van der Waals surface area contributed by atoms with Crippen LogP contribution in [0.25, 0.3) is 0 Å². The van der Waals surface area contributed by atoms with Crippen LogP contribution in [0.1, 0.15) is 20.8 Å². The highest BCUT2D eigenvalue weighted by Gasteiger charge is 2.38. The molecule has 0 amide bonds. The SMILES string of the molecule is CC1[C@@H]([O][AlH][I])OC(CO)[C@H](C)[C@@H]1C. The first kappa shape index (κ1) is 13.2. The van der Waals surface area contributed by atoms with Crippen molar-refractivity contribution < 1.29 is 13.6 Å². The Hall–Kier alpha value is 1.14. The van der Waals surface area contributed by atoms with Crippen LogP contribution in [0, 0.1) is 17.8 Å². The minimum Gasteiger partial charge on any atom is -0.472 e. The van der Waals surface area contributed by atoms with Crippen LogP contribution in [-0.2, 0) is 8.53 Å². The van der Waals surface area contributed by atoms with Crippen LogP contribution in [0.3, 0.4) is 0 Å². The number of hydrogen-bond acceptors (Lipinski definition) is 3. The molecular formula is C9H18AlIO3. The van der Waals surface area contributed by atoms with Crippen LogP contribution >= 0.6 is 20.3 Å². The van der Waals surface area contributed by atoms with E-state index in [1.165, 1.54) is 0 Å². The van der Waals surface area contributed by atoms with Gasteiger partial charge in [0.05, 0.1) is 12.7 Å². The van der Waals surface area contributed by atoms with E-state index in [4.69, 9.17) is 8.53 Å². The molecule has 0 aromatic heterocycles. The topological polar surface area (TPSA) is 38.7 Å². The number of rotatable bonds is 3. The van der Waals surface area contributed by atoms with Gasteiger partial charge in [0, 0.05) is 5.92 Å². The van der Waals surface area contributed by atoms with Crippen molar-refractivity contribution in [3.63, 3.8) is 0 Å².